The van der Waals surface area contributed by atoms with Crippen LogP contribution in [0.25, 0.3) is 0 Å². The molecule has 0 saturated heterocycles. The van der Waals surface area contributed by atoms with E-state index in [1.807, 2.05) is 12.3 Å². The molecule has 1 heterocycles. The standard InChI is InChI=1S/C15H24N2/c1-2-13-6-8-15(9-7-13)17-12-10-14-5-3-4-11-16-14/h3-5,11,13,15,17H,2,6-10,12H2,1H3. The third kappa shape index (κ3) is 4.12. The summed E-state index contributed by atoms with van der Waals surface area (Å²) in [4.78, 5) is 4.35. The van der Waals surface area contributed by atoms with Gasteiger partial charge < -0.3 is 5.32 Å². The van der Waals surface area contributed by atoms with Crippen LogP contribution >= 0.6 is 0 Å². The van der Waals surface area contributed by atoms with E-state index in [2.05, 4.69) is 29.4 Å². The average molecular weight is 232 g/mol. The Bertz CT molecular complexity index is 302. The number of hydrogen-bond acceptors (Lipinski definition) is 2. The Morgan fingerprint density at radius 3 is 2.71 bits per heavy atom. The molecule has 0 spiro atoms. The molecule has 0 atom stereocenters. The molecule has 0 aliphatic heterocycles. The van der Waals surface area contributed by atoms with Crippen LogP contribution in [0.4, 0.5) is 0 Å². The maximum absolute atomic E-state index is 4.35. The highest BCUT2D eigenvalue weighted by molar-refractivity contribution is 5.03. The molecule has 0 radical (unpaired) electrons. The first-order valence-corrected chi connectivity index (χ1v) is 7.01. The van der Waals surface area contributed by atoms with Crippen molar-refractivity contribution in [1.29, 1.82) is 0 Å². The maximum atomic E-state index is 4.35. The molecular weight excluding hydrogens is 208 g/mol. The predicted octanol–water partition coefficient (Wildman–Crippen LogP) is 3.18. The minimum Gasteiger partial charge on any atom is -0.314 e. The Balaban J connectivity index is 1.63. The topological polar surface area (TPSA) is 24.9 Å². The number of hydrogen-bond donors (Lipinski definition) is 1. The minimum absolute atomic E-state index is 0.751. The Morgan fingerprint density at radius 1 is 1.24 bits per heavy atom. The SMILES string of the molecule is CCC1CCC(NCCc2ccccn2)CC1. The van der Waals surface area contributed by atoms with Crippen molar-refractivity contribution in [3.63, 3.8) is 0 Å². The third-order valence-electron chi connectivity index (χ3n) is 3.96. The van der Waals surface area contributed by atoms with Crippen molar-refractivity contribution in [3.05, 3.63) is 30.1 Å². The lowest BCUT2D eigenvalue weighted by Gasteiger charge is -2.28. The van der Waals surface area contributed by atoms with Gasteiger partial charge in [0, 0.05) is 30.9 Å². The molecule has 1 saturated carbocycles. The number of nitrogens with zero attached hydrogens (tertiary/aromatic N) is 1. The quantitative estimate of drug-likeness (QED) is 0.843. The second-order valence-corrected chi connectivity index (χ2v) is 5.15. The van der Waals surface area contributed by atoms with Crippen LogP contribution in [0.5, 0.6) is 0 Å². The van der Waals surface area contributed by atoms with Gasteiger partial charge in [-0.2, -0.15) is 0 Å². The molecule has 0 aromatic carbocycles. The van der Waals surface area contributed by atoms with Gasteiger partial charge in [-0.05, 0) is 43.7 Å². The Hall–Kier alpha value is -0.890. The first-order valence-electron chi connectivity index (χ1n) is 7.01. The van der Waals surface area contributed by atoms with Gasteiger partial charge in [-0.3, -0.25) is 4.98 Å². The van der Waals surface area contributed by atoms with Gasteiger partial charge in [-0.15, -0.1) is 0 Å². The zero-order valence-electron chi connectivity index (χ0n) is 10.9. The van der Waals surface area contributed by atoms with Crippen LogP contribution in [0.15, 0.2) is 24.4 Å². The summed E-state index contributed by atoms with van der Waals surface area (Å²) in [7, 11) is 0. The van der Waals surface area contributed by atoms with E-state index in [4.69, 9.17) is 0 Å². The highest BCUT2D eigenvalue weighted by Crippen LogP contribution is 2.26. The fourth-order valence-corrected chi connectivity index (χ4v) is 2.73. The van der Waals surface area contributed by atoms with Gasteiger partial charge in [0.1, 0.15) is 0 Å². The Morgan fingerprint density at radius 2 is 2.06 bits per heavy atom. The molecule has 2 nitrogen and oxygen atoms in total. The zero-order chi connectivity index (χ0) is 11.9. The summed E-state index contributed by atoms with van der Waals surface area (Å²) in [6.07, 6.45) is 9.84. The van der Waals surface area contributed by atoms with Crippen LogP contribution in [0.3, 0.4) is 0 Å². The number of rotatable bonds is 5. The summed E-state index contributed by atoms with van der Waals surface area (Å²) in [6.45, 7) is 3.39. The molecule has 1 aliphatic rings. The van der Waals surface area contributed by atoms with Gasteiger partial charge >= 0.3 is 0 Å². The summed E-state index contributed by atoms with van der Waals surface area (Å²) >= 11 is 0. The van der Waals surface area contributed by atoms with Crippen LogP contribution in [-0.4, -0.2) is 17.6 Å². The molecule has 94 valence electrons. The van der Waals surface area contributed by atoms with E-state index in [9.17, 15) is 0 Å². The van der Waals surface area contributed by atoms with E-state index in [-0.39, 0.29) is 0 Å². The molecule has 1 aliphatic carbocycles. The van der Waals surface area contributed by atoms with Crippen LogP contribution < -0.4 is 5.32 Å². The molecule has 2 heteroatoms. The van der Waals surface area contributed by atoms with Crippen LogP contribution in [0.2, 0.25) is 0 Å². The summed E-state index contributed by atoms with van der Waals surface area (Å²) in [5.41, 5.74) is 1.20. The van der Waals surface area contributed by atoms with Crippen LogP contribution in [-0.2, 0) is 6.42 Å². The zero-order valence-corrected chi connectivity index (χ0v) is 10.9. The summed E-state index contributed by atoms with van der Waals surface area (Å²) in [6, 6.07) is 6.90. The second-order valence-electron chi connectivity index (χ2n) is 5.15. The fourth-order valence-electron chi connectivity index (χ4n) is 2.73. The van der Waals surface area contributed by atoms with Gasteiger partial charge in [-0.1, -0.05) is 19.4 Å². The van der Waals surface area contributed by atoms with Crippen molar-refractivity contribution in [2.75, 3.05) is 6.54 Å². The van der Waals surface area contributed by atoms with Crippen molar-refractivity contribution in [2.45, 2.75) is 51.5 Å². The average Bonchev–Trinajstić information content (AvgIpc) is 2.41. The molecule has 0 unspecified atom stereocenters. The molecule has 1 aromatic heterocycles. The number of nitrogens with one attached hydrogen (secondary N) is 1. The van der Waals surface area contributed by atoms with Crippen LogP contribution in [0.1, 0.15) is 44.7 Å². The Labute approximate surface area is 105 Å². The maximum Gasteiger partial charge on any atom is 0.0416 e. The van der Waals surface area contributed by atoms with E-state index in [0.717, 1.165) is 24.9 Å². The van der Waals surface area contributed by atoms with Gasteiger partial charge in [0.05, 0.1) is 0 Å². The summed E-state index contributed by atoms with van der Waals surface area (Å²) in [5.74, 6) is 0.990. The largest absolute Gasteiger partial charge is 0.314 e. The molecular formula is C15H24N2. The lowest BCUT2D eigenvalue weighted by Crippen LogP contribution is -2.34. The van der Waals surface area contributed by atoms with Crippen molar-refractivity contribution in [1.82, 2.24) is 10.3 Å². The molecule has 0 bridgehead atoms. The van der Waals surface area contributed by atoms with E-state index < -0.39 is 0 Å². The normalized spacial score (nSPS) is 24.8. The van der Waals surface area contributed by atoms with Crippen molar-refractivity contribution in [2.24, 2.45) is 5.92 Å². The highest BCUT2D eigenvalue weighted by Gasteiger charge is 2.18. The van der Waals surface area contributed by atoms with E-state index in [0.29, 0.717) is 0 Å². The highest BCUT2D eigenvalue weighted by atomic mass is 14.9. The lowest BCUT2D eigenvalue weighted by atomic mass is 9.84. The molecule has 1 fully saturated rings. The molecule has 1 aromatic rings. The van der Waals surface area contributed by atoms with Crippen molar-refractivity contribution < 1.29 is 0 Å². The number of pyridine rings is 1. The molecule has 1 N–H and O–H groups in total. The molecule has 0 amide bonds. The number of aromatic nitrogens is 1. The third-order valence-corrected chi connectivity index (χ3v) is 3.96. The fraction of sp³-hybridized carbons (Fsp3) is 0.667. The van der Waals surface area contributed by atoms with Gasteiger partial charge in [-0.25, -0.2) is 0 Å². The lowest BCUT2D eigenvalue weighted by molar-refractivity contribution is 0.287. The first-order chi connectivity index (χ1) is 8.38. The predicted molar refractivity (Wildman–Crippen MR) is 72.0 cm³/mol. The van der Waals surface area contributed by atoms with Crippen LogP contribution in [0, 0.1) is 5.92 Å². The van der Waals surface area contributed by atoms with E-state index in [1.54, 1.807) is 0 Å². The first kappa shape index (κ1) is 12.6. The molecule has 2 rings (SSSR count). The monoisotopic (exact) mass is 232 g/mol. The van der Waals surface area contributed by atoms with Gasteiger partial charge in [0.2, 0.25) is 0 Å². The summed E-state index contributed by atoms with van der Waals surface area (Å²) in [5, 5.41) is 3.67. The molecule has 17 heavy (non-hydrogen) atoms. The Kier molecular flexibility index (Phi) is 4.99. The minimum atomic E-state index is 0.751. The van der Waals surface area contributed by atoms with Crippen molar-refractivity contribution in [3.8, 4) is 0 Å². The van der Waals surface area contributed by atoms with Gasteiger partial charge in [0.15, 0.2) is 0 Å². The van der Waals surface area contributed by atoms with E-state index in [1.165, 1.54) is 37.8 Å². The van der Waals surface area contributed by atoms with Gasteiger partial charge in [0.25, 0.3) is 0 Å². The van der Waals surface area contributed by atoms with Crippen molar-refractivity contribution >= 4 is 0 Å². The smallest absolute Gasteiger partial charge is 0.0416 e. The second kappa shape index (κ2) is 6.75. The summed E-state index contributed by atoms with van der Waals surface area (Å²) < 4.78 is 0. The van der Waals surface area contributed by atoms with E-state index >= 15 is 0 Å².